The van der Waals surface area contributed by atoms with E-state index in [9.17, 15) is 7.84 Å². The number of hydrogen-bond donors (Lipinski definition) is 2. The van der Waals surface area contributed by atoms with Crippen molar-refractivity contribution in [2.75, 3.05) is 0 Å². The van der Waals surface area contributed by atoms with Gasteiger partial charge in [0.2, 0.25) is 0 Å². The molecule has 0 fully saturated rings. The Labute approximate surface area is 96.3 Å². The Morgan fingerprint density at radius 1 is 1.69 bits per heavy atom. The second kappa shape index (κ2) is 4.86. The van der Waals surface area contributed by atoms with E-state index >= 15 is 0 Å². The first-order valence-corrected chi connectivity index (χ1v) is 7.69. The molecule has 0 saturated carbocycles. The maximum atomic E-state index is 11.4. The van der Waals surface area contributed by atoms with Crippen LogP contribution in [0.1, 0.15) is 20.3 Å². The van der Waals surface area contributed by atoms with Gasteiger partial charge in [-0.1, -0.05) is 0 Å². The zero-order valence-corrected chi connectivity index (χ0v) is 10.9. The second-order valence-corrected chi connectivity index (χ2v) is 6.33. The van der Waals surface area contributed by atoms with E-state index in [0.29, 0.717) is 6.42 Å². The number of allylic oxidation sites excluding steroid dienone is 2. The van der Waals surface area contributed by atoms with Crippen molar-refractivity contribution in [3.8, 4) is 0 Å². The fourth-order valence-electron chi connectivity index (χ4n) is 1.22. The molecule has 0 aromatic rings. The van der Waals surface area contributed by atoms with E-state index < -0.39 is 20.1 Å². The van der Waals surface area contributed by atoms with Crippen LogP contribution in [0.3, 0.4) is 0 Å². The van der Waals surface area contributed by atoms with Crippen molar-refractivity contribution in [3.05, 3.63) is 23.8 Å². The van der Waals surface area contributed by atoms with E-state index in [1.54, 1.807) is 13.0 Å². The average Bonchev–Trinajstić information content (AvgIpc) is 2.19. The monoisotopic (exact) mass is 291 g/mol. The molecule has 0 saturated heterocycles. The Hall–Kier alpha value is -1.04. The molecule has 0 aromatic heterocycles. The molecule has 0 amide bonds. The van der Waals surface area contributed by atoms with Crippen molar-refractivity contribution in [2.24, 2.45) is 16.3 Å². The zero-order chi connectivity index (χ0) is 12.2. The Bertz CT molecular complexity index is 393. The molecular weight excluding hydrogens is 277 g/mol. The molecule has 8 heteroatoms. The topological polar surface area (TPSA) is 106 Å². The Kier molecular flexibility index (Phi) is 3.96. The third-order valence-corrected chi connectivity index (χ3v) is 3.98. The van der Waals surface area contributed by atoms with E-state index in [2.05, 4.69) is 20.2 Å². The summed E-state index contributed by atoms with van der Waals surface area (Å²) in [5, 5.41) is 5.53. The zero-order valence-electron chi connectivity index (χ0n) is 9.03. The van der Waals surface area contributed by atoms with Crippen molar-refractivity contribution in [1.82, 2.24) is 0 Å². The predicted octanol–water partition coefficient (Wildman–Crippen LogP) is 0.784. The van der Waals surface area contributed by atoms with Crippen molar-refractivity contribution in [3.63, 3.8) is 0 Å². The van der Waals surface area contributed by atoms with Crippen molar-refractivity contribution in [1.29, 1.82) is 0 Å². The van der Waals surface area contributed by atoms with Gasteiger partial charge >= 0.3 is 95.9 Å². The fraction of sp³-hybridized carbons (Fsp3) is 0.500. The molecule has 0 heterocycles. The standard InChI is InChI=1S/C8H14AsN3O4/c1-7-3-5-8(2,6-4-7)15-9(13,14)16-12-11-10/h3-5H,6H2,1-2H3,(H2,10,12)(H,13,14). The van der Waals surface area contributed by atoms with E-state index in [4.69, 9.17) is 3.73 Å². The van der Waals surface area contributed by atoms with E-state index in [-0.39, 0.29) is 0 Å². The molecule has 1 aliphatic carbocycles. The summed E-state index contributed by atoms with van der Waals surface area (Å²) in [4.78, 5) is 0. The number of nitrogens with two attached hydrogens (primary N) is 1. The van der Waals surface area contributed by atoms with Gasteiger partial charge in [0, 0.05) is 0 Å². The molecule has 0 spiro atoms. The van der Waals surface area contributed by atoms with Crippen LogP contribution in [-0.2, 0) is 11.3 Å². The summed E-state index contributed by atoms with van der Waals surface area (Å²) in [6.07, 6.45) is 5.91. The van der Waals surface area contributed by atoms with Gasteiger partial charge in [-0.15, -0.1) is 0 Å². The van der Waals surface area contributed by atoms with Crippen LogP contribution in [-0.4, -0.2) is 24.2 Å². The normalized spacial score (nSPS) is 28.8. The number of hydrogen-bond acceptors (Lipinski definition) is 5. The molecule has 0 radical (unpaired) electrons. The molecule has 2 atom stereocenters. The minimum absolute atomic E-state index is 0.490. The van der Waals surface area contributed by atoms with Crippen molar-refractivity contribution >= 4 is 14.5 Å². The van der Waals surface area contributed by atoms with Crippen LogP contribution in [0.5, 0.6) is 0 Å². The van der Waals surface area contributed by atoms with Gasteiger partial charge in [-0.25, -0.2) is 0 Å². The van der Waals surface area contributed by atoms with Crippen LogP contribution < -0.4 is 5.84 Å². The predicted molar refractivity (Wildman–Crippen MR) is 55.8 cm³/mol. The van der Waals surface area contributed by atoms with Gasteiger partial charge in [-0.2, -0.15) is 0 Å². The van der Waals surface area contributed by atoms with E-state index in [0.717, 1.165) is 5.57 Å². The third-order valence-electron chi connectivity index (χ3n) is 2.04. The van der Waals surface area contributed by atoms with E-state index in [1.165, 1.54) is 0 Å². The first-order chi connectivity index (χ1) is 7.37. The summed E-state index contributed by atoms with van der Waals surface area (Å²) >= 11 is -4.93. The van der Waals surface area contributed by atoms with Crippen LogP contribution in [0.4, 0.5) is 0 Å². The third kappa shape index (κ3) is 3.84. The molecule has 3 N–H and O–H groups in total. The van der Waals surface area contributed by atoms with Gasteiger partial charge in [-0.3, -0.25) is 0 Å². The molecule has 16 heavy (non-hydrogen) atoms. The van der Waals surface area contributed by atoms with Crippen molar-refractivity contribution < 1.29 is 15.4 Å². The first kappa shape index (κ1) is 13.0. The summed E-state index contributed by atoms with van der Waals surface area (Å²) in [6, 6.07) is 0. The Morgan fingerprint density at radius 3 is 2.88 bits per heavy atom. The van der Waals surface area contributed by atoms with Crippen LogP contribution in [0.25, 0.3) is 0 Å². The molecule has 1 aliphatic rings. The quantitative estimate of drug-likeness (QED) is 0.344. The number of nitrogens with zero attached hydrogens (tertiary/aromatic N) is 2. The van der Waals surface area contributed by atoms with Crippen molar-refractivity contribution in [2.45, 2.75) is 25.9 Å². The Morgan fingerprint density at radius 2 is 2.38 bits per heavy atom. The summed E-state index contributed by atoms with van der Waals surface area (Å²) < 4.78 is 30.0. The van der Waals surface area contributed by atoms with Crippen LogP contribution in [0.15, 0.2) is 34.3 Å². The molecular formula is C8H14AsN3O4. The Balaban J connectivity index is 2.67. The van der Waals surface area contributed by atoms with Gasteiger partial charge < -0.3 is 0 Å². The van der Waals surface area contributed by atoms with Crippen LogP contribution in [0.2, 0.25) is 0 Å². The molecule has 0 aliphatic heterocycles. The fourth-order valence-corrected chi connectivity index (χ4v) is 2.96. The van der Waals surface area contributed by atoms with Gasteiger partial charge in [0.25, 0.3) is 0 Å². The minimum atomic E-state index is -4.93. The molecule has 90 valence electrons. The van der Waals surface area contributed by atoms with Gasteiger partial charge in [-0.05, 0) is 0 Å². The molecule has 0 aromatic carbocycles. The average molecular weight is 291 g/mol. The summed E-state index contributed by atoms with van der Waals surface area (Å²) in [7, 11) is 0. The SMILES string of the molecule is CC1=CCC(C)(O[As](=O)(O)ON=NN)C=C1. The van der Waals surface area contributed by atoms with Crippen LogP contribution >= 0.6 is 0 Å². The second-order valence-electron chi connectivity index (χ2n) is 3.64. The van der Waals surface area contributed by atoms with Gasteiger partial charge in [0.05, 0.1) is 0 Å². The molecule has 2 unspecified atom stereocenters. The summed E-state index contributed by atoms with van der Waals surface area (Å²) in [6.45, 7) is 3.61. The summed E-state index contributed by atoms with van der Waals surface area (Å²) in [5.74, 6) is 4.65. The van der Waals surface area contributed by atoms with E-state index in [1.807, 2.05) is 19.1 Å². The molecule has 0 bridgehead atoms. The van der Waals surface area contributed by atoms with Gasteiger partial charge in [0.1, 0.15) is 0 Å². The maximum absolute atomic E-state index is 11.4. The summed E-state index contributed by atoms with van der Waals surface area (Å²) in [5.41, 5.74) is 0.205. The first-order valence-electron chi connectivity index (χ1n) is 4.55. The van der Waals surface area contributed by atoms with Gasteiger partial charge in [0.15, 0.2) is 0 Å². The number of rotatable bonds is 4. The van der Waals surface area contributed by atoms with Crippen LogP contribution in [0, 0.1) is 0 Å². The molecule has 1 rings (SSSR count). The molecule has 7 nitrogen and oxygen atoms in total.